The minimum atomic E-state index is -1.29. The molecule has 0 saturated carbocycles. The van der Waals surface area contributed by atoms with Gasteiger partial charge in [-0.05, 0) is 30.3 Å². The highest BCUT2D eigenvalue weighted by Crippen LogP contribution is 2.30. The predicted molar refractivity (Wildman–Crippen MR) is 74.7 cm³/mol. The molecule has 8 heteroatoms. The third-order valence-corrected chi connectivity index (χ3v) is 2.87. The summed E-state index contributed by atoms with van der Waals surface area (Å²) in [7, 11) is 0. The van der Waals surface area contributed by atoms with E-state index in [2.05, 4.69) is 5.32 Å². The molecule has 0 aromatic heterocycles. The van der Waals surface area contributed by atoms with E-state index in [4.69, 9.17) is 16.7 Å². The van der Waals surface area contributed by atoms with Crippen LogP contribution in [0, 0.1) is 15.9 Å². The molecule has 6 nitrogen and oxygen atoms in total. The highest BCUT2D eigenvalue weighted by atomic mass is 35.5. The van der Waals surface area contributed by atoms with Gasteiger partial charge in [0.05, 0.1) is 16.2 Å². The highest BCUT2D eigenvalue weighted by molar-refractivity contribution is 6.30. The van der Waals surface area contributed by atoms with E-state index in [1.165, 1.54) is 24.3 Å². The summed E-state index contributed by atoms with van der Waals surface area (Å²) in [4.78, 5) is 21.1. The first kappa shape index (κ1) is 14.7. The van der Waals surface area contributed by atoms with E-state index in [1.54, 1.807) is 0 Å². The van der Waals surface area contributed by atoms with Gasteiger partial charge in [0.1, 0.15) is 11.5 Å². The fourth-order valence-electron chi connectivity index (χ4n) is 1.66. The lowest BCUT2D eigenvalue weighted by Gasteiger charge is -2.09. The van der Waals surface area contributed by atoms with Crippen molar-refractivity contribution < 1.29 is 19.2 Å². The molecule has 2 aromatic carbocycles. The number of hydrogen-bond donors (Lipinski definition) is 2. The lowest BCUT2D eigenvalue weighted by atomic mass is 10.1. The Bertz CT molecular complexity index is 736. The van der Waals surface area contributed by atoms with Crippen LogP contribution in [-0.4, -0.2) is 16.0 Å². The molecular weight excluding hydrogens is 303 g/mol. The van der Waals surface area contributed by atoms with Crippen molar-refractivity contribution in [2.75, 3.05) is 5.32 Å². The Labute approximate surface area is 122 Å². The lowest BCUT2D eigenvalue weighted by Crippen LogP contribution is -2.02. The van der Waals surface area contributed by atoms with E-state index in [0.717, 1.165) is 12.1 Å². The number of halogens is 2. The quantitative estimate of drug-likeness (QED) is 0.661. The molecule has 0 atom stereocenters. The SMILES string of the molecule is O=C(O)c1ccc(Nc2cc(Cl)ccc2F)c([N+](=O)[O-])c1. The van der Waals surface area contributed by atoms with E-state index in [-0.39, 0.29) is 22.0 Å². The highest BCUT2D eigenvalue weighted by Gasteiger charge is 2.18. The van der Waals surface area contributed by atoms with Crippen LogP contribution in [0.3, 0.4) is 0 Å². The number of benzene rings is 2. The van der Waals surface area contributed by atoms with Crippen LogP contribution >= 0.6 is 11.6 Å². The summed E-state index contributed by atoms with van der Waals surface area (Å²) in [6.07, 6.45) is 0. The molecule has 2 N–H and O–H groups in total. The number of carboxylic acids is 1. The molecule has 21 heavy (non-hydrogen) atoms. The van der Waals surface area contributed by atoms with Gasteiger partial charge in [0, 0.05) is 11.1 Å². The molecular formula is C13H8ClFN2O4. The van der Waals surface area contributed by atoms with Crippen molar-refractivity contribution in [2.45, 2.75) is 0 Å². The maximum atomic E-state index is 13.6. The molecule has 0 amide bonds. The van der Waals surface area contributed by atoms with Crippen molar-refractivity contribution >= 4 is 34.6 Å². The summed E-state index contributed by atoms with van der Waals surface area (Å²) >= 11 is 5.73. The number of nitrogens with zero attached hydrogens (tertiary/aromatic N) is 1. The van der Waals surface area contributed by atoms with Gasteiger partial charge in [-0.25, -0.2) is 9.18 Å². The molecule has 0 fully saturated rings. The summed E-state index contributed by atoms with van der Waals surface area (Å²) in [6.45, 7) is 0. The fraction of sp³-hybridized carbons (Fsp3) is 0. The van der Waals surface area contributed by atoms with Crippen LogP contribution in [0.15, 0.2) is 36.4 Å². The van der Waals surface area contributed by atoms with Gasteiger partial charge in [-0.1, -0.05) is 11.6 Å². The molecule has 0 aliphatic carbocycles. The molecule has 0 unspecified atom stereocenters. The topological polar surface area (TPSA) is 92.5 Å². The van der Waals surface area contributed by atoms with Crippen LogP contribution in [0.25, 0.3) is 0 Å². The van der Waals surface area contributed by atoms with E-state index < -0.39 is 22.4 Å². The van der Waals surface area contributed by atoms with Crippen LogP contribution in [0.1, 0.15) is 10.4 Å². The summed E-state index contributed by atoms with van der Waals surface area (Å²) in [5.41, 5.74) is -0.798. The number of nitro benzene ring substituents is 1. The van der Waals surface area contributed by atoms with Crippen molar-refractivity contribution in [3.8, 4) is 0 Å². The molecule has 0 aliphatic rings. The number of carbonyl (C=O) groups is 1. The van der Waals surface area contributed by atoms with Gasteiger partial charge < -0.3 is 10.4 Å². The Morgan fingerprint density at radius 2 is 1.95 bits per heavy atom. The molecule has 0 saturated heterocycles. The standard InChI is InChI=1S/C13H8ClFN2O4/c14-8-2-3-9(15)11(6-8)16-10-4-1-7(13(18)19)5-12(10)17(20)21/h1-6,16H,(H,18,19). The second kappa shape index (κ2) is 5.76. The third-order valence-electron chi connectivity index (χ3n) is 2.64. The Hall–Kier alpha value is -2.67. The van der Waals surface area contributed by atoms with E-state index >= 15 is 0 Å². The monoisotopic (exact) mass is 310 g/mol. The number of hydrogen-bond acceptors (Lipinski definition) is 4. The maximum Gasteiger partial charge on any atom is 0.335 e. The number of rotatable bonds is 4. The second-order valence-corrected chi connectivity index (χ2v) is 4.48. The van der Waals surface area contributed by atoms with E-state index in [0.29, 0.717) is 0 Å². The average Bonchev–Trinajstić information content (AvgIpc) is 2.42. The molecule has 0 bridgehead atoms. The normalized spacial score (nSPS) is 10.2. The zero-order valence-corrected chi connectivity index (χ0v) is 11.1. The molecule has 2 rings (SSSR count). The maximum absolute atomic E-state index is 13.6. The van der Waals surface area contributed by atoms with Crippen molar-refractivity contribution in [1.82, 2.24) is 0 Å². The van der Waals surface area contributed by atoms with Crippen LogP contribution in [0.2, 0.25) is 5.02 Å². The molecule has 0 heterocycles. The van der Waals surface area contributed by atoms with Crippen molar-refractivity contribution in [3.05, 3.63) is 62.9 Å². The lowest BCUT2D eigenvalue weighted by molar-refractivity contribution is -0.383. The first-order chi connectivity index (χ1) is 9.88. The number of anilines is 2. The number of carboxylic acid groups (broad SMARTS) is 1. The van der Waals surface area contributed by atoms with E-state index in [1.807, 2.05) is 0 Å². The summed E-state index contributed by atoms with van der Waals surface area (Å²) < 4.78 is 13.6. The Kier molecular flexibility index (Phi) is 4.04. The van der Waals surface area contributed by atoms with Gasteiger partial charge in [0.25, 0.3) is 5.69 Å². The summed E-state index contributed by atoms with van der Waals surface area (Å²) in [6, 6.07) is 6.99. The first-order valence-electron chi connectivity index (χ1n) is 5.62. The smallest absolute Gasteiger partial charge is 0.335 e. The second-order valence-electron chi connectivity index (χ2n) is 4.04. The van der Waals surface area contributed by atoms with Gasteiger partial charge in [-0.15, -0.1) is 0 Å². The predicted octanol–water partition coefficient (Wildman–Crippen LogP) is 3.83. The minimum absolute atomic E-state index is 0.0360. The third kappa shape index (κ3) is 3.26. The summed E-state index contributed by atoms with van der Waals surface area (Å²) in [5, 5.41) is 22.6. The van der Waals surface area contributed by atoms with Crippen molar-refractivity contribution in [1.29, 1.82) is 0 Å². The van der Waals surface area contributed by atoms with Gasteiger partial charge in [0.15, 0.2) is 0 Å². The Balaban J connectivity index is 2.46. The van der Waals surface area contributed by atoms with Crippen LogP contribution in [0.4, 0.5) is 21.5 Å². The van der Waals surface area contributed by atoms with Crippen LogP contribution in [0.5, 0.6) is 0 Å². The number of nitrogens with one attached hydrogen (secondary N) is 1. The fourth-order valence-corrected chi connectivity index (χ4v) is 1.83. The van der Waals surface area contributed by atoms with Crippen molar-refractivity contribution in [3.63, 3.8) is 0 Å². The average molecular weight is 311 g/mol. The van der Waals surface area contributed by atoms with Crippen LogP contribution < -0.4 is 5.32 Å². The van der Waals surface area contributed by atoms with Gasteiger partial charge >= 0.3 is 5.97 Å². The van der Waals surface area contributed by atoms with Crippen LogP contribution in [-0.2, 0) is 0 Å². The largest absolute Gasteiger partial charge is 0.478 e. The van der Waals surface area contributed by atoms with Gasteiger partial charge in [0.2, 0.25) is 0 Å². The Morgan fingerprint density at radius 3 is 2.57 bits per heavy atom. The number of nitro groups is 1. The molecule has 0 radical (unpaired) electrons. The first-order valence-corrected chi connectivity index (χ1v) is 6.00. The summed E-state index contributed by atoms with van der Waals surface area (Å²) in [5.74, 6) is -1.94. The molecule has 0 spiro atoms. The minimum Gasteiger partial charge on any atom is -0.478 e. The molecule has 0 aliphatic heterocycles. The van der Waals surface area contributed by atoms with Gasteiger partial charge in [-0.3, -0.25) is 10.1 Å². The zero-order valence-electron chi connectivity index (χ0n) is 10.3. The van der Waals surface area contributed by atoms with E-state index in [9.17, 15) is 19.3 Å². The van der Waals surface area contributed by atoms with Crippen molar-refractivity contribution in [2.24, 2.45) is 0 Å². The zero-order chi connectivity index (χ0) is 15.6. The molecule has 108 valence electrons. The van der Waals surface area contributed by atoms with Gasteiger partial charge in [-0.2, -0.15) is 0 Å². The number of aromatic carboxylic acids is 1. The Morgan fingerprint density at radius 1 is 1.24 bits per heavy atom. The molecule has 2 aromatic rings.